The second-order valence-corrected chi connectivity index (χ2v) is 7.01. The molecular weight excluding hydrogens is 346 g/mol. The third kappa shape index (κ3) is 4.53. The molecule has 1 aliphatic rings. The molecule has 0 aromatic carbocycles. The van der Waals surface area contributed by atoms with Crippen molar-refractivity contribution >= 4 is 23.5 Å². The van der Waals surface area contributed by atoms with Crippen molar-refractivity contribution in [3.05, 3.63) is 17.0 Å². The van der Waals surface area contributed by atoms with Gasteiger partial charge in [-0.3, -0.25) is 9.59 Å². The number of anilines is 1. The molecule has 0 bridgehead atoms. The minimum atomic E-state index is -0.140. The number of nitrogens with two attached hydrogens (primary N) is 1. The quantitative estimate of drug-likeness (QED) is 0.799. The number of carbonyl (C=O) groups is 2. The molecule has 3 N–H and O–H groups in total. The van der Waals surface area contributed by atoms with Gasteiger partial charge in [0.1, 0.15) is 0 Å². The molecule has 146 valence electrons. The van der Waals surface area contributed by atoms with E-state index < -0.39 is 0 Å². The van der Waals surface area contributed by atoms with Gasteiger partial charge in [-0.25, -0.2) is 4.98 Å². The topological polar surface area (TPSA) is 119 Å². The van der Waals surface area contributed by atoms with Crippen molar-refractivity contribution in [3.8, 4) is 0 Å². The van der Waals surface area contributed by atoms with Crippen LogP contribution < -0.4 is 11.1 Å². The van der Waals surface area contributed by atoms with E-state index in [0.29, 0.717) is 18.7 Å². The fraction of sp³-hybridized carbons (Fsp3) is 0.611. The van der Waals surface area contributed by atoms with Crippen LogP contribution in [0.4, 0.5) is 5.95 Å². The van der Waals surface area contributed by atoms with Crippen LogP contribution in [0.25, 0.3) is 5.78 Å². The summed E-state index contributed by atoms with van der Waals surface area (Å²) in [6.45, 7) is 5.71. The van der Waals surface area contributed by atoms with Crippen molar-refractivity contribution < 1.29 is 9.59 Å². The molecule has 0 aliphatic carbocycles. The van der Waals surface area contributed by atoms with E-state index in [1.807, 2.05) is 18.7 Å². The molecule has 2 aromatic heterocycles. The summed E-state index contributed by atoms with van der Waals surface area (Å²) in [5, 5.41) is 6.95. The van der Waals surface area contributed by atoms with Gasteiger partial charge in [-0.1, -0.05) is 12.8 Å². The molecule has 0 unspecified atom stereocenters. The molecule has 1 fully saturated rings. The van der Waals surface area contributed by atoms with Gasteiger partial charge in [-0.15, -0.1) is 5.10 Å². The zero-order valence-corrected chi connectivity index (χ0v) is 16.0. The highest BCUT2D eigenvalue weighted by atomic mass is 16.2. The van der Waals surface area contributed by atoms with E-state index in [9.17, 15) is 9.59 Å². The molecule has 9 heteroatoms. The Morgan fingerprint density at radius 2 is 1.81 bits per heavy atom. The van der Waals surface area contributed by atoms with Crippen LogP contribution in [0.3, 0.4) is 0 Å². The standard InChI is InChI=1S/C18H27N7O2/c1-12-14(13(2)25-18(21-12)22-17(19)23-25)11-15(26)20-8-7-16(27)24-9-5-3-4-6-10-24/h3-11H2,1-2H3,(H2,19,23)(H,20,26). The van der Waals surface area contributed by atoms with Crippen LogP contribution in [0.2, 0.25) is 0 Å². The van der Waals surface area contributed by atoms with E-state index in [1.165, 1.54) is 12.8 Å². The number of hydrogen-bond acceptors (Lipinski definition) is 6. The fourth-order valence-corrected chi connectivity index (χ4v) is 3.49. The van der Waals surface area contributed by atoms with Crippen LogP contribution in [0.5, 0.6) is 0 Å². The number of hydrogen-bond donors (Lipinski definition) is 2. The van der Waals surface area contributed by atoms with Crippen LogP contribution in [0, 0.1) is 13.8 Å². The highest BCUT2D eigenvalue weighted by molar-refractivity contribution is 5.81. The average Bonchev–Trinajstić information content (AvgIpc) is 2.84. The smallest absolute Gasteiger partial charge is 0.254 e. The second kappa shape index (κ2) is 8.32. The summed E-state index contributed by atoms with van der Waals surface area (Å²) in [4.78, 5) is 34.9. The first-order valence-electron chi connectivity index (χ1n) is 9.48. The van der Waals surface area contributed by atoms with Crippen LogP contribution in [0.15, 0.2) is 0 Å². The van der Waals surface area contributed by atoms with Gasteiger partial charge in [-0.2, -0.15) is 9.50 Å². The number of carbonyl (C=O) groups excluding carboxylic acids is 2. The van der Waals surface area contributed by atoms with Crippen molar-refractivity contribution in [2.24, 2.45) is 0 Å². The Labute approximate surface area is 158 Å². The first kappa shape index (κ1) is 19.1. The van der Waals surface area contributed by atoms with Crippen molar-refractivity contribution in [2.45, 2.75) is 52.4 Å². The summed E-state index contributed by atoms with van der Waals surface area (Å²) in [5.41, 5.74) is 7.94. The van der Waals surface area contributed by atoms with Crippen LogP contribution in [-0.2, 0) is 16.0 Å². The maximum absolute atomic E-state index is 12.3. The number of rotatable bonds is 5. The Bertz CT molecular complexity index is 838. The molecule has 9 nitrogen and oxygen atoms in total. The number of nitrogens with one attached hydrogen (secondary N) is 1. The maximum atomic E-state index is 12.3. The van der Waals surface area contributed by atoms with E-state index >= 15 is 0 Å². The SMILES string of the molecule is Cc1nc2nc(N)nn2c(C)c1CC(=O)NCCC(=O)N1CCCCCC1. The number of aryl methyl sites for hydroxylation is 2. The maximum Gasteiger partial charge on any atom is 0.254 e. The Morgan fingerprint density at radius 3 is 2.52 bits per heavy atom. The lowest BCUT2D eigenvalue weighted by Crippen LogP contribution is -2.35. The van der Waals surface area contributed by atoms with Gasteiger partial charge in [-0.05, 0) is 26.7 Å². The number of aromatic nitrogens is 4. The lowest BCUT2D eigenvalue weighted by atomic mass is 10.1. The first-order chi connectivity index (χ1) is 13.0. The van der Waals surface area contributed by atoms with Crippen molar-refractivity contribution in [1.82, 2.24) is 29.8 Å². The Hall–Kier alpha value is -2.71. The molecule has 0 radical (unpaired) electrons. The largest absolute Gasteiger partial charge is 0.366 e. The van der Waals surface area contributed by atoms with Crippen molar-refractivity contribution in [3.63, 3.8) is 0 Å². The first-order valence-corrected chi connectivity index (χ1v) is 9.48. The molecule has 0 spiro atoms. The Kier molecular flexibility index (Phi) is 5.88. The van der Waals surface area contributed by atoms with E-state index in [2.05, 4.69) is 20.4 Å². The highest BCUT2D eigenvalue weighted by Crippen LogP contribution is 2.15. The number of nitrogen functional groups attached to an aromatic ring is 1. The average molecular weight is 373 g/mol. The zero-order chi connectivity index (χ0) is 19.4. The second-order valence-electron chi connectivity index (χ2n) is 7.01. The zero-order valence-electron chi connectivity index (χ0n) is 16.0. The molecule has 2 aromatic rings. The van der Waals surface area contributed by atoms with Gasteiger partial charge in [0.25, 0.3) is 5.78 Å². The molecule has 1 aliphatic heterocycles. The minimum Gasteiger partial charge on any atom is -0.366 e. The predicted molar refractivity (Wildman–Crippen MR) is 101 cm³/mol. The third-order valence-electron chi connectivity index (χ3n) is 5.02. The fourth-order valence-electron chi connectivity index (χ4n) is 3.49. The van der Waals surface area contributed by atoms with Gasteiger partial charge in [0.15, 0.2) is 0 Å². The van der Waals surface area contributed by atoms with Crippen LogP contribution >= 0.6 is 0 Å². The number of fused-ring (bicyclic) bond motifs is 1. The van der Waals surface area contributed by atoms with E-state index in [1.54, 1.807) is 4.52 Å². The van der Waals surface area contributed by atoms with Gasteiger partial charge in [0, 0.05) is 43.0 Å². The lowest BCUT2D eigenvalue weighted by molar-refractivity contribution is -0.131. The molecule has 0 atom stereocenters. The van der Waals surface area contributed by atoms with Gasteiger partial charge >= 0.3 is 0 Å². The molecule has 3 heterocycles. The monoisotopic (exact) mass is 373 g/mol. The lowest BCUT2D eigenvalue weighted by Gasteiger charge is -2.20. The van der Waals surface area contributed by atoms with Gasteiger partial charge in [0.2, 0.25) is 17.8 Å². The third-order valence-corrected chi connectivity index (χ3v) is 5.02. The summed E-state index contributed by atoms with van der Waals surface area (Å²) >= 11 is 0. The van der Waals surface area contributed by atoms with E-state index in [4.69, 9.17) is 5.73 Å². The van der Waals surface area contributed by atoms with Crippen LogP contribution in [0.1, 0.15) is 49.1 Å². The number of likely N-dealkylation sites (tertiary alicyclic amines) is 1. The summed E-state index contributed by atoms with van der Waals surface area (Å²) in [6, 6.07) is 0. The summed E-state index contributed by atoms with van der Waals surface area (Å²) in [5.74, 6) is 0.554. The molecule has 27 heavy (non-hydrogen) atoms. The number of amides is 2. The van der Waals surface area contributed by atoms with E-state index in [-0.39, 0.29) is 24.2 Å². The highest BCUT2D eigenvalue weighted by Gasteiger charge is 2.17. The van der Waals surface area contributed by atoms with E-state index in [0.717, 1.165) is 42.9 Å². The Balaban J connectivity index is 1.55. The minimum absolute atomic E-state index is 0.116. The van der Waals surface area contributed by atoms with Crippen molar-refractivity contribution in [1.29, 1.82) is 0 Å². The summed E-state index contributed by atoms with van der Waals surface area (Å²) in [7, 11) is 0. The van der Waals surface area contributed by atoms with Crippen molar-refractivity contribution in [2.75, 3.05) is 25.4 Å². The molecular formula is C18H27N7O2. The molecule has 0 saturated carbocycles. The van der Waals surface area contributed by atoms with Crippen LogP contribution in [-0.4, -0.2) is 55.9 Å². The summed E-state index contributed by atoms with van der Waals surface area (Å²) < 4.78 is 1.55. The summed E-state index contributed by atoms with van der Waals surface area (Å²) in [6.07, 6.45) is 5.03. The molecule has 2 amide bonds. The Morgan fingerprint density at radius 1 is 1.11 bits per heavy atom. The number of nitrogens with zero attached hydrogens (tertiary/aromatic N) is 5. The predicted octanol–water partition coefficient (Wildman–Crippen LogP) is 0.775. The molecule has 1 saturated heterocycles. The normalized spacial score (nSPS) is 15.0. The molecule has 3 rings (SSSR count). The van der Waals surface area contributed by atoms with Gasteiger partial charge in [0.05, 0.1) is 6.42 Å². The van der Waals surface area contributed by atoms with Gasteiger partial charge < -0.3 is 16.0 Å².